The van der Waals surface area contributed by atoms with Gasteiger partial charge in [-0.25, -0.2) is 0 Å². The molecular weight excluding hydrogens is 134 g/mol. The molecule has 0 atom stereocenters. The molecule has 0 aliphatic heterocycles. The zero-order chi connectivity index (χ0) is 8.69. The van der Waals surface area contributed by atoms with Gasteiger partial charge in [0.25, 0.3) is 0 Å². The Kier molecular flexibility index (Phi) is 4.68. The smallest absolute Gasteiger partial charge is 0.0264 e. The molecule has 11 heavy (non-hydrogen) atoms. The molecule has 1 heteroatoms. The number of hydrogen-bond acceptors (Lipinski definition) is 1. The molecule has 0 fully saturated rings. The van der Waals surface area contributed by atoms with Crippen LogP contribution in [0.25, 0.3) is 0 Å². The molecule has 1 N–H and O–H groups in total. The zero-order valence-corrected chi connectivity index (χ0v) is 7.02. The number of nitrogens with one attached hydrogen (secondary N) is 1. The maximum Gasteiger partial charge on any atom is 0.0264 e. The van der Waals surface area contributed by atoms with Crippen LogP contribution >= 0.6 is 0 Å². The van der Waals surface area contributed by atoms with E-state index in [1.54, 1.807) is 0 Å². The lowest BCUT2D eigenvalue weighted by atomic mass is 10.2. The molecule has 0 spiro atoms. The average Bonchev–Trinajstić information content (AvgIpc) is 2.06. The lowest BCUT2D eigenvalue weighted by Crippen LogP contribution is -2.00. The Labute approximate surface area is 68.5 Å². The van der Waals surface area contributed by atoms with Gasteiger partial charge in [0.2, 0.25) is 0 Å². The van der Waals surface area contributed by atoms with Crippen molar-refractivity contribution in [3.05, 3.63) is 36.1 Å². The van der Waals surface area contributed by atoms with E-state index in [1.807, 2.05) is 32.2 Å². The summed E-state index contributed by atoms with van der Waals surface area (Å²) in [6, 6.07) is 0. The van der Waals surface area contributed by atoms with E-state index in [4.69, 9.17) is 6.42 Å². The van der Waals surface area contributed by atoms with Crippen LogP contribution in [0.3, 0.4) is 0 Å². The van der Waals surface area contributed by atoms with Gasteiger partial charge in [0, 0.05) is 18.3 Å². The Morgan fingerprint density at radius 2 is 2.18 bits per heavy atom. The van der Waals surface area contributed by atoms with E-state index in [-0.39, 0.29) is 0 Å². The Hall–Kier alpha value is -1.42. The van der Waals surface area contributed by atoms with E-state index in [0.717, 1.165) is 11.3 Å². The standard InChI is InChI=1S/C10H13N/c1-5-10(6-2)8-7-9(3)11-4/h1,6-8,11H,3H2,2,4H3/b8-7-,10-6-. The first-order valence-electron chi connectivity index (χ1n) is 3.42. The topological polar surface area (TPSA) is 12.0 Å². The van der Waals surface area contributed by atoms with E-state index in [2.05, 4.69) is 17.8 Å². The first-order chi connectivity index (χ1) is 5.24. The van der Waals surface area contributed by atoms with Crippen LogP contribution in [-0.4, -0.2) is 7.05 Å². The molecule has 0 heterocycles. The number of terminal acetylenes is 1. The first kappa shape index (κ1) is 9.58. The second kappa shape index (κ2) is 5.37. The van der Waals surface area contributed by atoms with Crippen LogP contribution in [0.15, 0.2) is 36.1 Å². The van der Waals surface area contributed by atoms with E-state index in [1.165, 1.54) is 0 Å². The predicted octanol–water partition coefficient (Wildman–Crippen LogP) is 1.86. The van der Waals surface area contributed by atoms with Crippen LogP contribution < -0.4 is 5.32 Å². The highest BCUT2D eigenvalue weighted by Crippen LogP contribution is 1.95. The Morgan fingerprint density at radius 3 is 2.55 bits per heavy atom. The summed E-state index contributed by atoms with van der Waals surface area (Å²) in [6.07, 6.45) is 10.8. The number of rotatable bonds is 3. The second-order valence-electron chi connectivity index (χ2n) is 2.00. The molecule has 0 aliphatic carbocycles. The summed E-state index contributed by atoms with van der Waals surface area (Å²) in [5.74, 6) is 2.54. The fraction of sp³-hybridized carbons (Fsp3) is 0.200. The normalized spacial score (nSPS) is 11.2. The molecule has 0 rings (SSSR count). The largest absolute Gasteiger partial charge is 0.389 e. The van der Waals surface area contributed by atoms with Gasteiger partial charge in [-0.2, -0.15) is 0 Å². The Balaban J connectivity index is 4.15. The summed E-state index contributed by atoms with van der Waals surface area (Å²) in [5, 5.41) is 2.89. The molecule has 0 bridgehead atoms. The lowest BCUT2D eigenvalue weighted by molar-refractivity contribution is 1.04. The molecule has 58 valence electrons. The summed E-state index contributed by atoms with van der Waals surface area (Å²) >= 11 is 0. The van der Waals surface area contributed by atoms with Crippen LogP contribution in [0.4, 0.5) is 0 Å². The second-order valence-corrected chi connectivity index (χ2v) is 2.00. The van der Waals surface area contributed by atoms with E-state index in [0.29, 0.717) is 0 Å². The summed E-state index contributed by atoms with van der Waals surface area (Å²) in [5.41, 5.74) is 1.71. The summed E-state index contributed by atoms with van der Waals surface area (Å²) in [4.78, 5) is 0. The fourth-order valence-electron chi connectivity index (χ4n) is 0.501. The van der Waals surface area contributed by atoms with Crippen molar-refractivity contribution < 1.29 is 0 Å². The fourth-order valence-corrected chi connectivity index (χ4v) is 0.501. The minimum Gasteiger partial charge on any atom is -0.389 e. The summed E-state index contributed by atoms with van der Waals surface area (Å²) in [7, 11) is 1.82. The molecule has 0 aromatic rings. The quantitative estimate of drug-likeness (QED) is 0.474. The molecule has 0 saturated heterocycles. The summed E-state index contributed by atoms with van der Waals surface area (Å²) < 4.78 is 0. The van der Waals surface area contributed by atoms with Gasteiger partial charge in [0.05, 0.1) is 0 Å². The van der Waals surface area contributed by atoms with Gasteiger partial charge in [-0.1, -0.05) is 18.6 Å². The maximum atomic E-state index is 5.19. The summed E-state index contributed by atoms with van der Waals surface area (Å²) in [6.45, 7) is 5.62. The van der Waals surface area contributed by atoms with Gasteiger partial charge in [-0.3, -0.25) is 0 Å². The van der Waals surface area contributed by atoms with E-state index >= 15 is 0 Å². The number of hydrogen-bond donors (Lipinski definition) is 1. The van der Waals surface area contributed by atoms with Crippen LogP contribution in [0.1, 0.15) is 6.92 Å². The monoisotopic (exact) mass is 147 g/mol. The van der Waals surface area contributed by atoms with Gasteiger partial charge < -0.3 is 5.32 Å². The molecular formula is C10H13N. The van der Waals surface area contributed by atoms with Crippen molar-refractivity contribution in [2.45, 2.75) is 6.92 Å². The van der Waals surface area contributed by atoms with Gasteiger partial charge in [-0.05, 0) is 19.1 Å². The third kappa shape index (κ3) is 4.05. The number of likely N-dealkylation sites (N-methyl/N-ethyl adjacent to an activating group) is 1. The van der Waals surface area contributed by atoms with E-state index in [9.17, 15) is 0 Å². The van der Waals surface area contributed by atoms with Crippen molar-refractivity contribution in [1.82, 2.24) is 5.32 Å². The van der Waals surface area contributed by atoms with E-state index < -0.39 is 0 Å². The minimum absolute atomic E-state index is 0.847. The van der Waals surface area contributed by atoms with Gasteiger partial charge in [0.1, 0.15) is 0 Å². The molecule has 0 aliphatic rings. The van der Waals surface area contributed by atoms with Crippen LogP contribution in [-0.2, 0) is 0 Å². The highest BCUT2D eigenvalue weighted by Gasteiger charge is 1.82. The Morgan fingerprint density at radius 1 is 1.55 bits per heavy atom. The van der Waals surface area contributed by atoms with Crippen LogP contribution in [0.2, 0.25) is 0 Å². The molecule has 0 saturated carbocycles. The molecule has 0 aromatic heterocycles. The van der Waals surface area contributed by atoms with Gasteiger partial charge in [-0.15, -0.1) is 6.42 Å². The maximum absolute atomic E-state index is 5.19. The number of allylic oxidation sites excluding steroid dienone is 4. The van der Waals surface area contributed by atoms with Crippen molar-refractivity contribution in [2.24, 2.45) is 0 Å². The van der Waals surface area contributed by atoms with Gasteiger partial charge in [0.15, 0.2) is 0 Å². The van der Waals surface area contributed by atoms with Crippen molar-refractivity contribution in [2.75, 3.05) is 7.05 Å². The van der Waals surface area contributed by atoms with Crippen molar-refractivity contribution in [3.8, 4) is 12.3 Å². The minimum atomic E-state index is 0.847. The predicted molar refractivity (Wildman–Crippen MR) is 49.9 cm³/mol. The van der Waals surface area contributed by atoms with Crippen molar-refractivity contribution in [3.63, 3.8) is 0 Å². The molecule has 0 unspecified atom stereocenters. The molecule has 1 nitrogen and oxygen atoms in total. The highest BCUT2D eigenvalue weighted by atomic mass is 14.8. The average molecular weight is 147 g/mol. The Bertz CT molecular complexity index is 226. The molecule has 0 aromatic carbocycles. The molecule has 0 amide bonds. The zero-order valence-electron chi connectivity index (χ0n) is 7.02. The van der Waals surface area contributed by atoms with Crippen LogP contribution in [0, 0.1) is 12.3 Å². The third-order valence-corrected chi connectivity index (χ3v) is 1.26. The SMILES string of the molecule is C#CC(/C=C\C(=C)NC)=C/C. The highest BCUT2D eigenvalue weighted by molar-refractivity contribution is 5.37. The van der Waals surface area contributed by atoms with Crippen LogP contribution in [0.5, 0.6) is 0 Å². The van der Waals surface area contributed by atoms with Gasteiger partial charge >= 0.3 is 0 Å². The lowest BCUT2D eigenvalue weighted by Gasteiger charge is -1.94. The van der Waals surface area contributed by atoms with Crippen molar-refractivity contribution >= 4 is 0 Å². The van der Waals surface area contributed by atoms with Crippen molar-refractivity contribution in [1.29, 1.82) is 0 Å². The third-order valence-electron chi connectivity index (χ3n) is 1.26. The first-order valence-corrected chi connectivity index (χ1v) is 3.42. The molecule has 0 radical (unpaired) electrons.